The van der Waals surface area contributed by atoms with E-state index in [1.165, 1.54) is 33.5 Å². The zero-order valence-electron chi connectivity index (χ0n) is 19.0. The van der Waals surface area contributed by atoms with E-state index >= 15 is 0 Å². The Labute approximate surface area is 218 Å². The molecule has 176 valence electrons. The predicted octanol–water partition coefficient (Wildman–Crippen LogP) is 7.12. The summed E-state index contributed by atoms with van der Waals surface area (Å²) in [6.07, 6.45) is 2.50. The van der Waals surface area contributed by atoms with Crippen molar-refractivity contribution < 1.29 is 15.9 Å². The average molecular weight is 608 g/mol. The second kappa shape index (κ2) is 17.4. The molecule has 0 nitrogen and oxygen atoms in total. The van der Waals surface area contributed by atoms with Crippen molar-refractivity contribution in [3.05, 3.63) is 121 Å². The fourth-order valence-corrected chi connectivity index (χ4v) is 8.39. The summed E-state index contributed by atoms with van der Waals surface area (Å²) in [6.45, 7) is 4.57. The molecule has 0 radical (unpaired) electrons. The zero-order valence-corrected chi connectivity index (χ0v) is 24.1. The Morgan fingerprint density at radius 3 is 0.788 bits per heavy atom. The molecule has 33 heavy (non-hydrogen) atoms. The van der Waals surface area contributed by atoms with Gasteiger partial charge in [-0.15, -0.1) is 0 Å². The third-order valence-corrected chi connectivity index (χ3v) is 10.7. The summed E-state index contributed by atoms with van der Waals surface area (Å²) in [6, 6.07) is 43.5. The Morgan fingerprint density at radius 2 is 0.636 bits per heavy atom. The van der Waals surface area contributed by atoms with E-state index in [9.17, 15) is 0 Å². The van der Waals surface area contributed by atoms with Gasteiger partial charge in [-0.05, 0) is 62.4 Å². The van der Waals surface area contributed by atoms with Crippen LogP contribution in [0.4, 0.5) is 0 Å². The molecule has 0 saturated carbocycles. The summed E-state index contributed by atoms with van der Waals surface area (Å²) in [5, 5.41) is 6.04. The number of hydrogen-bond donors (Lipinski definition) is 0. The third kappa shape index (κ3) is 10.0. The van der Waals surface area contributed by atoms with Crippen LogP contribution in [0.15, 0.2) is 121 Å². The van der Waals surface area contributed by atoms with Crippen LogP contribution in [0, 0.1) is 0 Å². The van der Waals surface area contributed by atoms with E-state index in [-0.39, 0.29) is 15.9 Å². The SMILES string of the molecule is CC[PH+](c1ccccc1)c1ccccc1.CC[PH+](c1ccccc1)c1ccccc1.[Cl][Pd][Cl]. The Kier molecular flexibility index (Phi) is 14.9. The molecule has 0 heterocycles. The second-order valence-electron chi connectivity index (χ2n) is 7.17. The van der Waals surface area contributed by atoms with Crippen LogP contribution in [-0.4, -0.2) is 12.3 Å². The van der Waals surface area contributed by atoms with E-state index in [0.29, 0.717) is 0 Å². The van der Waals surface area contributed by atoms with Gasteiger partial charge < -0.3 is 0 Å². The summed E-state index contributed by atoms with van der Waals surface area (Å²) < 4.78 is 0. The fourth-order valence-electron chi connectivity index (χ4n) is 3.71. The first kappa shape index (κ1) is 28.2. The maximum atomic E-state index is 4.81. The quantitative estimate of drug-likeness (QED) is 0.162. The molecular weight excluding hydrogens is 576 g/mol. The molecule has 0 atom stereocenters. The summed E-state index contributed by atoms with van der Waals surface area (Å²) in [7, 11) is 8.55. The zero-order chi connectivity index (χ0) is 23.7. The maximum absolute atomic E-state index is 4.81. The Balaban J connectivity index is 0.000000209. The molecule has 0 aliphatic heterocycles. The van der Waals surface area contributed by atoms with E-state index in [1.54, 1.807) is 0 Å². The summed E-state index contributed by atoms with van der Waals surface area (Å²) in [5.74, 6) is 0. The molecule has 4 rings (SSSR count). The van der Waals surface area contributed by atoms with E-state index in [2.05, 4.69) is 135 Å². The van der Waals surface area contributed by atoms with Crippen LogP contribution in [0.3, 0.4) is 0 Å². The minimum absolute atomic E-state index is 0.106. The van der Waals surface area contributed by atoms with Gasteiger partial charge in [0, 0.05) is 0 Å². The molecule has 0 N–H and O–H groups in total. The summed E-state index contributed by atoms with van der Waals surface area (Å²) in [4.78, 5) is 0. The van der Waals surface area contributed by atoms with Crippen molar-refractivity contribution in [3.63, 3.8) is 0 Å². The summed E-state index contributed by atoms with van der Waals surface area (Å²) >= 11 is -0.106. The molecule has 0 spiro atoms. The first-order valence-corrected chi connectivity index (χ1v) is 18.4. The van der Waals surface area contributed by atoms with Gasteiger partial charge in [-0.2, -0.15) is 0 Å². The van der Waals surface area contributed by atoms with Gasteiger partial charge in [0.25, 0.3) is 0 Å². The number of halogens is 2. The van der Waals surface area contributed by atoms with Crippen LogP contribution in [-0.2, 0) is 15.9 Å². The average Bonchev–Trinajstić information content (AvgIpc) is 2.89. The van der Waals surface area contributed by atoms with Crippen molar-refractivity contribution in [1.29, 1.82) is 0 Å². The van der Waals surface area contributed by atoms with Crippen molar-refractivity contribution in [3.8, 4) is 0 Å². The normalized spacial score (nSPS) is 10.2. The molecule has 0 aliphatic carbocycles. The van der Waals surface area contributed by atoms with Crippen molar-refractivity contribution in [2.24, 2.45) is 0 Å². The van der Waals surface area contributed by atoms with Gasteiger partial charge in [0.05, 0.1) is 49.4 Å². The van der Waals surface area contributed by atoms with E-state index < -0.39 is 15.8 Å². The molecule has 4 aromatic rings. The van der Waals surface area contributed by atoms with Gasteiger partial charge in [0.1, 0.15) is 0 Å². The molecule has 0 fully saturated rings. The molecule has 0 aliphatic rings. The van der Waals surface area contributed by atoms with Gasteiger partial charge >= 0.3 is 35.0 Å². The number of benzene rings is 4. The van der Waals surface area contributed by atoms with E-state index in [4.69, 9.17) is 19.1 Å². The first-order valence-electron chi connectivity index (χ1n) is 11.0. The molecule has 5 heteroatoms. The molecule has 0 bridgehead atoms. The minimum atomic E-state index is -0.539. The fraction of sp³-hybridized carbons (Fsp3) is 0.143. The number of rotatable bonds is 6. The van der Waals surface area contributed by atoms with Crippen molar-refractivity contribution in [1.82, 2.24) is 0 Å². The van der Waals surface area contributed by atoms with Gasteiger partial charge in [0.2, 0.25) is 0 Å². The summed E-state index contributed by atoms with van der Waals surface area (Å²) in [5.41, 5.74) is 0. The van der Waals surface area contributed by atoms with E-state index in [1.807, 2.05) is 0 Å². The van der Waals surface area contributed by atoms with Gasteiger partial charge in [-0.3, -0.25) is 0 Å². The molecule has 0 amide bonds. The van der Waals surface area contributed by atoms with Crippen LogP contribution in [0.1, 0.15) is 13.8 Å². The van der Waals surface area contributed by atoms with Crippen molar-refractivity contribution in [2.75, 3.05) is 12.3 Å². The van der Waals surface area contributed by atoms with Gasteiger partial charge in [-0.25, -0.2) is 0 Å². The molecular formula is C28H32Cl2P2Pd+2. The standard InChI is InChI=1S/2C14H15P.2ClH.Pd/c2*1-2-15(13-9-5-3-6-10-13)14-11-7-4-8-12-14;;;/h2*3-12H,2H2,1H3;2*1H;/q;;;;+2. The van der Waals surface area contributed by atoms with Crippen LogP contribution in [0.25, 0.3) is 0 Å². The molecule has 4 aromatic carbocycles. The molecule has 0 unspecified atom stereocenters. The second-order valence-corrected chi connectivity index (χ2v) is 15.2. The topological polar surface area (TPSA) is 0 Å². The van der Waals surface area contributed by atoms with Crippen molar-refractivity contribution in [2.45, 2.75) is 13.8 Å². The Bertz CT molecular complexity index is 825. The van der Waals surface area contributed by atoms with Crippen LogP contribution in [0.5, 0.6) is 0 Å². The van der Waals surface area contributed by atoms with Crippen LogP contribution in [0.2, 0.25) is 0 Å². The third-order valence-electron chi connectivity index (χ3n) is 5.20. The predicted molar refractivity (Wildman–Crippen MR) is 154 cm³/mol. The van der Waals surface area contributed by atoms with Crippen molar-refractivity contribution >= 4 is 56.1 Å². The monoisotopic (exact) mass is 606 g/mol. The first-order chi connectivity index (χ1) is 16.2. The van der Waals surface area contributed by atoms with Gasteiger partial charge in [0.15, 0.2) is 0 Å². The molecule has 0 aromatic heterocycles. The Hall–Kier alpha value is -1.02. The molecule has 0 saturated heterocycles. The Morgan fingerprint density at radius 1 is 0.455 bits per heavy atom. The van der Waals surface area contributed by atoms with Crippen LogP contribution >= 0.6 is 34.9 Å². The number of hydrogen-bond acceptors (Lipinski definition) is 0. The van der Waals surface area contributed by atoms with E-state index in [0.717, 1.165) is 0 Å². The van der Waals surface area contributed by atoms with Crippen LogP contribution < -0.4 is 21.2 Å². The van der Waals surface area contributed by atoms with Gasteiger partial charge in [-0.1, -0.05) is 72.8 Å².